The largest absolute Gasteiger partial charge is 0.451 e. The molecule has 0 aliphatic heterocycles. The Morgan fingerprint density at radius 1 is 1.34 bits per heavy atom. The molecule has 2 aromatic heterocycles. The van der Waals surface area contributed by atoms with Gasteiger partial charge < -0.3 is 24.8 Å². The zero-order valence-electron chi connectivity index (χ0n) is 23.1. The number of carbonyl (C=O) groups excluding carboxylic acids is 1. The van der Waals surface area contributed by atoms with E-state index in [4.69, 9.17) is 14.6 Å². The summed E-state index contributed by atoms with van der Waals surface area (Å²) in [7, 11) is 0. The minimum atomic E-state index is -1.29. The Morgan fingerprint density at radius 3 is 2.80 bits per heavy atom. The topological polar surface area (TPSA) is 146 Å². The number of nitrogens with one attached hydrogen (secondary N) is 1. The number of carbonyl (C=O) groups is 1. The van der Waals surface area contributed by atoms with Crippen LogP contribution in [-0.4, -0.2) is 49.5 Å². The maximum absolute atomic E-state index is 13.4. The van der Waals surface area contributed by atoms with Crippen LogP contribution in [0.5, 0.6) is 0 Å². The fraction of sp³-hybridized carbons (Fsp3) is 0.533. The normalized spacial score (nSPS) is 37.0. The Balaban J connectivity index is 1.31. The number of hydrogen-bond acceptors (Lipinski definition) is 9. The van der Waals surface area contributed by atoms with E-state index in [0.29, 0.717) is 19.3 Å². The lowest BCUT2D eigenvalue weighted by atomic mass is 9.45. The Morgan fingerprint density at radius 2 is 2.15 bits per heavy atom. The molecule has 0 saturated heterocycles. The van der Waals surface area contributed by atoms with Gasteiger partial charge in [-0.25, -0.2) is 14.8 Å². The van der Waals surface area contributed by atoms with Crippen molar-refractivity contribution < 1.29 is 33.9 Å². The fourth-order valence-electron chi connectivity index (χ4n) is 8.84. The number of aliphatic hydroxyl groups is 2. The summed E-state index contributed by atoms with van der Waals surface area (Å²) in [5, 5.41) is 33.1. The smallest absolute Gasteiger partial charge is 0.361 e. The third-order valence-electron chi connectivity index (χ3n) is 10.7. The van der Waals surface area contributed by atoms with E-state index in [0.717, 1.165) is 42.6 Å². The molecular weight excluding hydrogens is 547 g/mol. The van der Waals surface area contributed by atoms with Gasteiger partial charge in [-0.05, 0) is 73.8 Å². The van der Waals surface area contributed by atoms with Gasteiger partial charge in [-0.3, -0.25) is 5.32 Å². The molecule has 0 aromatic carbocycles. The first kappa shape index (κ1) is 28.3. The van der Waals surface area contributed by atoms with Gasteiger partial charge in [0.25, 0.3) is 0 Å². The van der Waals surface area contributed by atoms with Gasteiger partial charge in [-0.1, -0.05) is 19.4 Å². The van der Waals surface area contributed by atoms with Gasteiger partial charge in [0.05, 0.1) is 12.3 Å². The zero-order valence-corrected chi connectivity index (χ0v) is 24.0. The van der Waals surface area contributed by atoms with E-state index < -0.39 is 34.5 Å². The number of nitrogens with zero attached hydrogens (tertiary/aromatic N) is 2. The Kier molecular flexibility index (Phi) is 7.00. The number of ether oxygens (including phenoxy) is 1. The van der Waals surface area contributed by atoms with E-state index in [1.165, 1.54) is 30.3 Å². The monoisotopic (exact) mass is 583 g/mol. The average molecular weight is 584 g/mol. The molecule has 11 heteroatoms. The summed E-state index contributed by atoms with van der Waals surface area (Å²) in [5.74, 6) is -1.07. The molecule has 2 heterocycles. The first-order chi connectivity index (χ1) is 19.5. The van der Waals surface area contributed by atoms with Gasteiger partial charge in [0.2, 0.25) is 5.95 Å². The minimum Gasteiger partial charge on any atom is -0.451 e. The number of thiol groups is 1. The van der Waals surface area contributed by atoms with Crippen molar-refractivity contribution in [2.24, 2.45) is 28.6 Å². The number of rotatable bonds is 6. The summed E-state index contributed by atoms with van der Waals surface area (Å²) < 4.78 is 24.4. The van der Waals surface area contributed by atoms with E-state index in [1.807, 2.05) is 12.2 Å². The number of halogens is 1. The molecule has 41 heavy (non-hydrogen) atoms. The van der Waals surface area contributed by atoms with Crippen molar-refractivity contribution in [2.75, 3.05) is 0 Å². The molecule has 218 valence electrons. The number of aliphatic hydroxyl groups excluding tert-OH is 2. The molecule has 8 atom stereocenters. The van der Waals surface area contributed by atoms with E-state index in [1.54, 1.807) is 6.07 Å². The number of oxazole rings is 1. The van der Waals surface area contributed by atoms with E-state index in [2.05, 4.69) is 35.6 Å². The second-order valence-corrected chi connectivity index (χ2v) is 13.0. The van der Waals surface area contributed by atoms with E-state index in [-0.39, 0.29) is 28.9 Å². The van der Waals surface area contributed by atoms with Crippen LogP contribution < -0.4 is 5.32 Å². The molecule has 0 radical (unpaired) electrons. The number of aromatic nitrogens is 2. The summed E-state index contributed by atoms with van der Waals surface area (Å²) in [4.78, 5) is 20.7. The highest BCUT2D eigenvalue weighted by Crippen LogP contribution is 2.69. The van der Waals surface area contributed by atoms with Crippen molar-refractivity contribution in [3.8, 4) is 0 Å². The van der Waals surface area contributed by atoms with Gasteiger partial charge in [0, 0.05) is 23.3 Å². The molecule has 0 bridgehead atoms. The quantitative estimate of drug-likeness (QED) is 0.115. The lowest BCUT2D eigenvalue weighted by Crippen LogP contribution is -2.76. The van der Waals surface area contributed by atoms with Gasteiger partial charge >= 0.3 is 5.97 Å². The molecule has 0 spiro atoms. The number of fused-ring (bicyclic) bond motifs is 5. The molecule has 3 saturated carbocycles. The van der Waals surface area contributed by atoms with Crippen molar-refractivity contribution in [2.45, 2.75) is 69.5 Å². The number of hydrogen-bond donors (Lipinski definition) is 5. The SMILES string of the molecule is CC12CC(C=N)=C([NH2+]c3ccc(F)nc3)C=C1CCC1C2C(O)CC2(C)C1CCC2(OC(=O)c1cocn1)C(O)S. The van der Waals surface area contributed by atoms with Crippen molar-refractivity contribution in [3.05, 3.63) is 65.5 Å². The third-order valence-corrected chi connectivity index (χ3v) is 11.1. The van der Waals surface area contributed by atoms with Crippen LogP contribution in [0.1, 0.15) is 62.9 Å². The zero-order chi connectivity index (χ0) is 29.2. The maximum Gasteiger partial charge on any atom is 0.361 e. The number of quaternary nitrogens is 1. The van der Waals surface area contributed by atoms with Gasteiger partial charge in [0.1, 0.15) is 17.4 Å². The molecule has 9 nitrogen and oxygen atoms in total. The number of pyridine rings is 1. The summed E-state index contributed by atoms with van der Waals surface area (Å²) in [5.41, 5.74) is 0.177. The first-order valence-corrected chi connectivity index (χ1v) is 14.6. The van der Waals surface area contributed by atoms with Crippen LogP contribution in [0.15, 0.2) is 58.3 Å². The van der Waals surface area contributed by atoms with Crippen LogP contribution in [0.25, 0.3) is 0 Å². The summed E-state index contributed by atoms with van der Waals surface area (Å²) >= 11 is 4.43. The summed E-state index contributed by atoms with van der Waals surface area (Å²) in [6.45, 7) is 4.21. The van der Waals surface area contributed by atoms with Gasteiger partial charge in [0.15, 0.2) is 23.4 Å². The molecule has 4 aliphatic carbocycles. The highest BCUT2D eigenvalue weighted by atomic mass is 32.1. The predicted molar refractivity (Wildman–Crippen MR) is 150 cm³/mol. The molecule has 3 fully saturated rings. The third kappa shape index (κ3) is 4.31. The van der Waals surface area contributed by atoms with Crippen LogP contribution in [0.2, 0.25) is 0 Å². The Hall–Kier alpha value is -2.86. The lowest BCUT2D eigenvalue weighted by Gasteiger charge is -2.61. The predicted octanol–water partition coefficient (Wildman–Crippen LogP) is 3.69. The Bertz CT molecular complexity index is 1410. The molecule has 6 rings (SSSR count). The van der Waals surface area contributed by atoms with Crippen LogP contribution in [0.3, 0.4) is 0 Å². The minimum absolute atomic E-state index is 0.0248. The van der Waals surface area contributed by atoms with Gasteiger partial charge in [-0.2, -0.15) is 4.39 Å². The number of allylic oxidation sites excluding steroid dienone is 3. The van der Waals surface area contributed by atoms with E-state index >= 15 is 0 Å². The van der Waals surface area contributed by atoms with Crippen LogP contribution in [-0.2, 0) is 4.74 Å². The van der Waals surface area contributed by atoms with Crippen molar-refractivity contribution in [1.29, 1.82) is 5.41 Å². The second-order valence-electron chi connectivity index (χ2n) is 12.5. The summed E-state index contributed by atoms with van der Waals surface area (Å²) in [6, 6.07) is 2.99. The molecule has 4 aliphatic rings. The lowest BCUT2D eigenvalue weighted by molar-refractivity contribution is -0.513. The first-order valence-electron chi connectivity index (χ1n) is 14.1. The van der Waals surface area contributed by atoms with Crippen LogP contribution >= 0.6 is 12.6 Å². The molecule has 8 unspecified atom stereocenters. The Labute approximate surface area is 243 Å². The van der Waals surface area contributed by atoms with Crippen molar-refractivity contribution >= 4 is 30.5 Å². The van der Waals surface area contributed by atoms with Crippen molar-refractivity contribution in [1.82, 2.24) is 9.97 Å². The maximum atomic E-state index is 13.4. The highest BCUT2D eigenvalue weighted by molar-refractivity contribution is 7.80. The fourth-order valence-corrected chi connectivity index (χ4v) is 9.31. The summed E-state index contributed by atoms with van der Waals surface area (Å²) in [6.07, 6.45) is 10.4. The molecule has 5 N–H and O–H groups in total. The highest BCUT2D eigenvalue weighted by Gasteiger charge is 2.70. The standard InChI is InChI=1S/C30H35FN4O5S/c1-28-10-16(12-32)21(35-18-4-6-24(31)33-13-18)9-17(28)3-5-19-20-7-8-30(27(38)41,29(20,2)11-23(36)25(19)28)40-26(37)22-14-39-15-34-22/h4,6,9,12-15,19-20,23,25,27,32,35-36,38,41H,3,5,7-8,10-11H2,1-2H3/p+1. The number of esters is 1. The average Bonchev–Trinajstić information content (AvgIpc) is 3.57. The van der Waals surface area contributed by atoms with Gasteiger partial charge in [-0.15, -0.1) is 12.6 Å². The van der Waals surface area contributed by atoms with Crippen LogP contribution in [0.4, 0.5) is 10.1 Å². The van der Waals surface area contributed by atoms with E-state index in [9.17, 15) is 19.4 Å². The van der Waals surface area contributed by atoms with Crippen LogP contribution in [0, 0.1) is 39.9 Å². The van der Waals surface area contributed by atoms with Crippen molar-refractivity contribution in [3.63, 3.8) is 0 Å². The molecule has 0 amide bonds. The molecular formula is C30H36FN4O5S+. The second kappa shape index (κ2) is 10.1. The molecule has 2 aromatic rings. The number of nitrogens with two attached hydrogens (primary N) is 1.